The van der Waals surface area contributed by atoms with Crippen LogP contribution >= 0.6 is 0 Å². The van der Waals surface area contributed by atoms with Crippen molar-refractivity contribution in [1.82, 2.24) is 9.55 Å². The van der Waals surface area contributed by atoms with Crippen LogP contribution in [0.4, 0.5) is 0 Å². The Bertz CT molecular complexity index is 794. The number of nitrogens with one attached hydrogen (secondary N) is 1. The fraction of sp³-hybridized carbons (Fsp3) is 0.750. The van der Waals surface area contributed by atoms with Gasteiger partial charge in [-0.2, -0.15) is 0 Å². The first-order valence-corrected chi connectivity index (χ1v) is 8.80. The predicted octanol–water partition coefficient (Wildman–Crippen LogP) is -3.69. The van der Waals surface area contributed by atoms with E-state index in [2.05, 4.69) is 4.98 Å². The van der Waals surface area contributed by atoms with Crippen LogP contribution in [0.15, 0.2) is 15.8 Å². The highest BCUT2D eigenvalue weighted by molar-refractivity contribution is 5.02. The maximum atomic E-state index is 12.0. The molecule has 2 aliphatic heterocycles. The van der Waals surface area contributed by atoms with Gasteiger partial charge in [-0.15, -0.1) is 0 Å². The summed E-state index contributed by atoms with van der Waals surface area (Å²) in [5.41, 5.74) is -0.875. The number of H-pyrrole nitrogens is 1. The Morgan fingerprint density at radius 3 is 2.68 bits per heavy atom. The lowest BCUT2D eigenvalue weighted by atomic mass is 10.1. The molecule has 3 heterocycles. The van der Waals surface area contributed by atoms with E-state index in [1.165, 1.54) is 13.1 Å². The van der Waals surface area contributed by atoms with E-state index in [4.69, 9.17) is 19.3 Å². The molecule has 12 nitrogen and oxygen atoms in total. The van der Waals surface area contributed by atoms with Gasteiger partial charge in [-0.3, -0.25) is 14.3 Å². The lowest BCUT2D eigenvalue weighted by Gasteiger charge is -2.21. The molecule has 2 aliphatic rings. The second-order valence-corrected chi connectivity index (χ2v) is 6.94. The largest absolute Gasteiger partial charge is 0.394 e. The van der Waals surface area contributed by atoms with Crippen LogP contribution in [0.2, 0.25) is 0 Å². The average Bonchev–Trinajstić information content (AvgIpc) is 3.16. The van der Waals surface area contributed by atoms with Crippen molar-refractivity contribution in [2.24, 2.45) is 0 Å². The molecule has 12 heteroatoms. The standard InChI is InChI=1S/C16H24N2O10/c1-6-3-18(16(25)17-14(6)24)10-2-7(20)9(27-10)5-26-15-12(23)11(22)13(28-15)8(21)4-19/h3,7-13,15,19-23H,2,4-5H2,1H3,(H,17,24,25)/t7-,8?,9+,10+,11?,12?,13?,15-/m0/s1. The van der Waals surface area contributed by atoms with Crippen LogP contribution in [0, 0.1) is 6.92 Å². The van der Waals surface area contributed by atoms with E-state index in [0.29, 0.717) is 5.56 Å². The van der Waals surface area contributed by atoms with Gasteiger partial charge in [-0.05, 0) is 6.92 Å². The number of aromatic nitrogens is 2. The first kappa shape index (κ1) is 21.1. The first-order valence-electron chi connectivity index (χ1n) is 8.80. The molecule has 0 radical (unpaired) electrons. The van der Waals surface area contributed by atoms with Gasteiger partial charge in [0.2, 0.25) is 0 Å². The lowest BCUT2D eigenvalue weighted by Crippen LogP contribution is -2.40. The molecule has 8 atom stereocenters. The van der Waals surface area contributed by atoms with E-state index in [1.54, 1.807) is 0 Å². The van der Waals surface area contributed by atoms with E-state index < -0.39 is 67.0 Å². The minimum atomic E-state index is -1.47. The van der Waals surface area contributed by atoms with E-state index >= 15 is 0 Å². The van der Waals surface area contributed by atoms with Gasteiger partial charge in [0.05, 0.1) is 19.3 Å². The molecular formula is C16H24N2O10. The molecule has 4 unspecified atom stereocenters. The van der Waals surface area contributed by atoms with Gasteiger partial charge >= 0.3 is 5.69 Å². The summed E-state index contributed by atoms with van der Waals surface area (Å²) in [4.78, 5) is 25.6. The third kappa shape index (κ3) is 4.04. The summed E-state index contributed by atoms with van der Waals surface area (Å²) in [7, 11) is 0. The van der Waals surface area contributed by atoms with Crippen molar-refractivity contribution in [1.29, 1.82) is 0 Å². The van der Waals surface area contributed by atoms with Crippen LogP contribution in [0.3, 0.4) is 0 Å². The predicted molar refractivity (Wildman–Crippen MR) is 90.3 cm³/mol. The molecule has 0 spiro atoms. The van der Waals surface area contributed by atoms with Crippen LogP contribution in [0.1, 0.15) is 18.2 Å². The van der Waals surface area contributed by atoms with E-state index in [9.17, 15) is 30.0 Å². The number of aryl methyl sites for hydroxylation is 1. The van der Waals surface area contributed by atoms with Gasteiger partial charge in [-0.25, -0.2) is 4.79 Å². The summed E-state index contributed by atoms with van der Waals surface area (Å²) < 4.78 is 17.4. The molecule has 28 heavy (non-hydrogen) atoms. The molecule has 0 aromatic carbocycles. The number of aliphatic hydroxyl groups excluding tert-OH is 5. The summed E-state index contributed by atoms with van der Waals surface area (Å²) in [6.45, 7) is 0.633. The highest BCUT2D eigenvalue weighted by atomic mass is 16.7. The van der Waals surface area contributed by atoms with Crippen molar-refractivity contribution in [3.63, 3.8) is 0 Å². The Morgan fingerprint density at radius 2 is 2.00 bits per heavy atom. The van der Waals surface area contributed by atoms with Gasteiger partial charge < -0.3 is 39.7 Å². The quantitative estimate of drug-likeness (QED) is 0.276. The highest BCUT2D eigenvalue weighted by Gasteiger charge is 2.47. The third-order valence-electron chi connectivity index (χ3n) is 4.91. The van der Waals surface area contributed by atoms with Crippen molar-refractivity contribution in [2.45, 2.75) is 62.5 Å². The van der Waals surface area contributed by atoms with Gasteiger partial charge in [0.25, 0.3) is 5.56 Å². The molecule has 6 N–H and O–H groups in total. The van der Waals surface area contributed by atoms with Gasteiger partial charge in [0, 0.05) is 18.2 Å². The fourth-order valence-corrected chi connectivity index (χ4v) is 3.26. The average molecular weight is 404 g/mol. The van der Waals surface area contributed by atoms with Crippen molar-refractivity contribution < 1.29 is 39.7 Å². The van der Waals surface area contributed by atoms with Crippen molar-refractivity contribution >= 4 is 0 Å². The van der Waals surface area contributed by atoms with E-state index in [-0.39, 0.29) is 13.0 Å². The summed E-state index contributed by atoms with van der Waals surface area (Å²) in [6.07, 6.45) is -8.12. The molecule has 2 saturated heterocycles. The maximum absolute atomic E-state index is 12.0. The van der Waals surface area contributed by atoms with E-state index in [1.807, 2.05) is 0 Å². The topological polar surface area (TPSA) is 184 Å². The first-order chi connectivity index (χ1) is 13.2. The Kier molecular flexibility index (Phi) is 6.31. The van der Waals surface area contributed by atoms with Gasteiger partial charge in [-0.1, -0.05) is 0 Å². The maximum Gasteiger partial charge on any atom is 0.330 e. The molecule has 1 aromatic rings. The second kappa shape index (κ2) is 8.39. The molecule has 3 rings (SSSR count). The number of hydrogen-bond donors (Lipinski definition) is 6. The second-order valence-electron chi connectivity index (χ2n) is 6.94. The zero-order valence-electron chi connectivity index (χ0n) is 15.0. The van der Waals surface area contributed by atoms with Crippen molar-refractivity contribution in [3.05, 3.63) is 32.6 Å². The van der Waals surface area contributed by atoms with Crippen LogP contribution < -0.4 is 11.2 Å². The Labute approximate surface area is 158 Å². The smallest absolute Gasteiger partial charge is 0.330 e. The molecular weight excluding hydrogens is 380 g/mol. The third-order valence-corrected chi connectivity index (χ3v) is 4.91. The van der Waals surface area contributed by atoms with Gasteiger partial charge in [0.1, 0.15) is 36.7 Å². The molecule has 1 aromatic heterocycles. The van der Waals surface area contributed by atoms with Crippen molar-refractivity contribution in [3.8, 4) is 0 Å². The normalized spacial score (nSPS) is 36.7. The number of hydrogen-bond acceptors (Lipinski definition) is 10. The number of nitrogens with zero attached hydrogens (tertiary/aromatic N) is 1. The number of aliphatic hydroxyl groups is 5. The van der Waals surface area contributed by atoms with Crippen molar-refractivity contribution in [2.75, 3.05) is 13.2 Å². The summed E-state index contributed by atoms with van der Waals surface area (Å²) in [5, 5.41) is 48.6. The SMILES string of the molecule is Cc1cn([C@H]2C[C@H](O)[C@@H](CO[C@H]3OC(C(O)CO)C(O)C3O)O2)c(=O)[nH]c1=O. The monoisotopic (exact) mass is 404 g/mol. The number of rotatable bonds is 6. The van der Waals surface area contributed by atoms with E-state index in [0.717, 1.165) is 4.57 Å². The molecule has 2 fully saturated rings. The fourth-order valence-electron chi connectivity index (χ4n) is 3.26. The van der Waals surface area contributed by atoms with Crippen LogP contribution in [0.25, 0.3) is 0 Å². The summed E-state index contributed by atoms with van der Waals surface area (Å²) in [6, 6.07) is 0. The molecule has 0 aliphatic carbocycles. The van der Waals surface area contributed by atoms with Crippen LogP contribution in [-0.4, -0.2) is 91.2 Å². The molecule has 0 saturated carbocycles. The number of aromatic amines is 1. The summed E-state index contributed by atoms with van der Waals surface area (Å²) >= 11 is 0. The highest BCUT2D eigenvalue weighted by Crippen LogP contribution is 2.30. The summed E-state index contributed by atoms with van der Waals surface area (Å²) in [5.74, 6) is 0. The molecule has 0 amide bonds. The van der Waals surface area contributed by atoms with Crippen LogP contribution in [0.5, 0.6) is 0 Å². The van der Waals surface area contributed by atoms with Gasteiger partial charge in [0.15, 0.2) is 6.29 Å². The minimum Gasteiger partial charge on any atom is -0.394 e. The Hall–Kier alpha value is -1.64. The van der Waals surface area contributed by atoms with Crippen LogP contribution in [-0.2, 0) is 14.2 Å². The zero-order valence-corrected chi connectivity index (χ0v) is 15.0. The number of ether oxygens (including phenoxy) is 3. The Morgan fingerprint density at radius 1 is 1.29 bits per heavy atom. The molecule has 0 bridgehead atoms. The lowest BCUT2D eigenvalue weighted by molar-refractivity contribution is -0.198. The minimum absolute atomic E-state index is 0.0714. The zero-order chi connectivity index (χ0) is 20.6. The Balaban J connectivity index is 1.61. The molecule has 158 valence electrons.